The molecule has 1 amide bonds. The SMILES string of the molecule is CC(C)C(CNC(=O)c1cc2ccc(F)cc2s1)C(C)C. The van der Waals surface area contributed by atoms with Crippen molar-refractivity contribution in [2.75, 3.05) is 6.54 Å². The van der Waals surface area contributed by atoms with Gasteiger partial charge >= 0.3 is 0 Å². The average Bonchev–Trinajstić information content (AvgIpc) is 2.80. The molecule has 0 bridgehead atoms. The van der Waals surface area contributed by atoms with E-state index in [1.807, 2.05) is 6.07 Å². The Morgan fingerprint density at radius 3 is 2.48 bits per heavy atom. The largest absolute Gasteiger partial charge is 0.351 e. The molecular formula is C17H22FNOS. The average molecular weight is 307 g/mol. The zero-order valence-electron chi connectivity index (χ0n) is 12.9. The summed E-state index contributed by atoms with van der Waals surface area (Å²) in [5.41, 5.74) is 0. The lowest BCUT2D eigenvalue weighted by Crippen LogP contribution is -2.33. The Morgan fingerprint density at radius 1 is 1.19 bits per heavy atom. The second-order valence-electron chi connectivity index (χ2n) is 6.15. The van der Waals surface area contributed by atoms with Crippen LogP contribution < -0.4 is 5.32 Å². The Balaban J connectivity index is 2.08. The predicted octanol–water partition coefficient (Wildman–Crippen LogP) is 4.70. The van der Waals surface area contributed by atoms with E-state index in [0.717, 1.165) is 10.1 Å². The Bertz CT molecular complexity index is 625. The normalized spacial score (nSPS) is 11.8. The molecule has 2 aromatic rings. The van der Waals surface area contributed by atoms with Gasteiger partial charge in [0.05, 0.1) is 4.88 Å². The summed E-state index contributed by atoms with van der Waals surface area (Å²) in [7, 11) is 0. The molecule has 0 atom stereocenters. The van der Waals surface area contributed by atoms with Crippen LogP contribution in [0.5, 0.6) is 0 Å². The van der Waals surface area contributed by atoms with Gasteiger partial charge in [-0.3, -0.25) is 4.79 Å². The van der Waals surface area contributed by atoms with Crippen LogP contribution >= 0.6 is 11.3 Å². The second kappa shape index (κ2) is 6.56. The number of hydrogen-bond acceptors (Lipinski definition) is 2. The van der Waals surface area contributed by atoms with E-state index in [0.29, 0.717) is 29.2 Å². The highest BCUT2D eigenvalue weighted by molar-refractivity contribution is 7.20. The van der Waals surface area contributed by atoms with Crippen molar-refractivity contribution in [1.82, 2.24) is 5.32 Å². The van der Waals surface area contributed by atoms with Gasteiger partial charge in [-0.2, -0.15) is 0 Å². The number of nitrogens with one attached hydrogen (secondary N) is 1. The van der Waals surface area contributed by atoms with E-state index in [1.165, 1.54) is 23.5 Å². The highest BCUT2D eigenvalue weighted by Gasteiger charge is 2.19. The summed E-state index contributed by atoms with van der Waals surface area (Å²) in [6, 6.07) is 6.43. The minimum atomic E-state index is -0.268. The summed E-state index contributed by atoms with van der Waals surface area (Å²) in [6.45, 7) is 9.40. The van der Waals surface area contributed by atoms with Crippen molar-refractivity contribution in [3.8, 4) is 0 Å². The third-order valence-electron chi connectivity index (χ3n) is 3.92. The fraction of sp³-hybridized carbons (Fsp3) is 0.471. The molecule has 1 heterocycles. The molecule has 21 heavy (non-hydrogen) atoms. The number of carbonyl (C=O) groups is 1. The van der Waals surface area contributed by atoms with Crippen molar-refractivity contribution < 1.29 is 9.18 Å². The van der Waals surface area contributed by atoms with Crippen LogP contribution in [-0.4, -0.2) is 12.5 Å². The Morgan fingerprint density at radius 2 is 1.86 bits per heavy atom. The molecule has 0 fully saturated rings. The topological polar surface area (TPSA) is 29.1 Å². The molecule has 0 unspecified atom stereocenters. The number of halogens is 1. The molecule has 0 aliphatic carbocycles. The van der Waals surface area contributed by atoms with E-state index >= 15 is 0 Å². The lowest BCUT2D eigenvalue weighted by molar-refractivity contribution is 0.0941. The third kappa shape index (κ3) is 3.82. The van der Waals surface area contributed by atoms with Crippen LogP contribution in [0.15, 0.2) is 24.3 Å². The van der Waals surface area contributed by atoms with E-state index in [4.69, 9.17) is 0 Å². The standard InChI is InChI=1S/C17H22FNOS/c1-10(2)14(11(3)4)9-19-17(20)16-7-12-5-6-13(18)8-15(12)21-16/h5-8,10-11,14H,9H2,1-4H3,(H,19,20). The number of benzene rings is 1. The summed E-state index contributed by atoms with van der Waals surface area (Å²) in [5, 5.41) is 3.93. The van der Waals surface area contributed by atoms with Gasteiger partial charge in [0.25, 0.3) is 5.91 Å². The summed E-state index contributed by atoms with van der Waals surface area (Å²) in [4.78, 5) is 12.9. The fourth-order valence-electron chi connectivity index (χ4n) is 2.66. The minimum Gasteiger partial charge on any atom is -0.351 e. The van der Waals surface area contributed by atoms with Crippen LogP contribution in [0.3, 0.4) is 0 Å². The molecule has 0 aliphatic heterocycles. The molecule has 2 rings (SSSR count). The predicted molar refractivity (Wildman–Crippen MR) is 87.3 cm³/mol. The van der Waals surface area contributed by atoms with Crippen LogP contribution in [-0.2, 0) is 0 Å². The number of fused-ring (bicyclic) bond motifs is 1. The number of rotatable bonds is 5. The first-order valence-electron chi connectivity index (χ1n) is 7.35. The first kappa shape index (κ1) is 16.0. The quantitative estimate of drug-likeness (QED) is 0.852. The smallest absolute Gasteiger partial charge is 0.261 e. The fourth-order valence-corrected chi connectivity index (χ4v) is 3.66. The highest BCUT2D eigenvalue weighted by atomic mass is 32.1. The zero-order valence-corrected chi connectivity index (χ0v) is 13.8. The van der Waals surface area contributed by atoms with Crippen molar-refractivity contribution in [3.63, 3.8) is 0 Å². The molecule has 0 aliphatic rings. The minimum absolute atomic E-state index is 0.0668. The first-order chi connectivity index (χ1) is 9.88. The Hall–Kier alpha value is -1.42. The molecule has 0 radical (unpaired) electrons. The van der Waals surface area contributed by atoms with Crippen molar-refractivity contribution in [3.05, 3.63) is 35.0 Å². The van der Waals surface area contributed by atoms with Gasteiger partial charge in [-0.15, -0.1) is 11.3 Å². The van der Waals surface area contributed by atoms with Crippen molar-refractivity contribution in [1.29, 1.82) is 0 Å². The summed E-state index contributed by atoms with van der Waals surface area (Å²) >= 11 is 1.34. The van der Waals surface area contributed by atoms with Gasteiger partial charge < -0.3 is 5.32 Å². The van der Waals surface area contributed by atoms with E-state index in [1.54, 1.807) is 6.07 Å². The van der Waals surface area contributed by atoms with E-state index in [2.05, 4.69) is 33.0 Å². The number of amides is 1. The van der Waals surface area contributed by atoms with Crippen LogP contribution in [0.1, 0.15) is 37.4 Å². The molecule has 114 valence electrons. The van der Waals surface area contributed by atoms with Crippen LogP contribution in [0, 0.1) is 23.6 Å². The van der Waals surface area contributed by atoms with Gasteiger partial charge in [-0.05, 0) is 41.3 Å². The van der Waals surface area contributed by atoms with Crippen molar-refractivity contribution in [2.24, 2.45) is 17.8 Å². The van der Waals surface area contributed by atoms with Crippen molar-refractivity contribution >= 4 is 27.3 Å². The summed E-state index contributed by atoms with van der Waals surface area (Å²) < 4.78 is 14.0. The monoisotopic (exact) mass is 307 g/mol. The molecule has 4 heteroatoms. The van der Waals surface area contributed by atoms with Gasteiger partial charge in [0.15, 0.2) is 0 Å². The number of thiophene rings is 1. The van der Waals surface area contributed by atoms with E-state index < -0.39 is 0 Å². The molecule has 2 nitrogen and oxygen atoms in total. The summed E-state index contributed by atoms with van der Waals surface area (Å²) in [6.07, 6.45) is 0. The Labute approximate surface area is 129 Å². The maximum atomic E-state index is 13.2. The lowest BCUT2D eigenvalue weighted by atomic mass is 9.85. The maximum Gasteiger partial charge on any atom is 0.261 e. The first-order valence-corrected chi connectivity index (χ1v) is 8.17. The number of hydrogen-bond donors (Lipinski definition) is 1. The maximum absolute atomic E-state index is 13.2. The number of carbonyl (C=O) groups excluding carboxylic acids is 1. The van der Waals surface area contributed by atoms with Gasteiger partial charge in [0, 0.05) is 11.2 Å². The van der Waals surface area contributed by atoms with Crippen LogP contribution in [0.2, 0.25) is 0 Å². The lowest BCUT2D eigenvalue weighted by Gasteiger charge is -2.24. The van der Waals surface area contributed by atoms with Crippen molar-refractivity contribution in [2.45, 2.75) is 27.7 Å². The Kier molecular flexibility index (Phi) is 4.99. The zero-order chi connectivity index (χ0) is 15.6. The van der Waals surface area contributed by atoms with Crippen LogP contribution in [0.25, 0.3) is 10.1 Å². The molecular weight excluding hydrogens is 285 g/mol. The van der Waals surface area contributed by atoms with Gasteiger partial charge in [0.2, 0.25) is 0 Å². The highest BCUT2D eigenvalue weighted by Crippen LogP contribution is 2.26. The van der Waals surface area contributed by atoms with Gasteiger partial charge in [-0.1, -0.05) is 33.8 Å². The second-order valence-corrected chi connectivity index (χ2v) is 7.24. The molecule has 1 N–H and O–H groups in total. The van der Waals surface area contributed by atoms with E-state index in [-0.39, 0.29) is 11.7 Å². The van der Waals surface area contributed by atoms with Gasteiger partial charge in [-0.25, -0.2) is 4.39 Å². The molecule has 0 saturated carbocycles. The van der Waals surface area contributed by atoms with Gasteiger partial charge in [0.1, 0.15) is 5.82 Å². The van der Waals surface area contributed by atoms with Crippen LogP contribution in [0.4, 0.5) is 4.39 Å². The van der Waals surface area contributed by atoms with E-state index in [9.17, 15) is 9.18 Å². The third-order valence-corrected chi connectivity index (χ3v) is 5.01. The molecule has 0 spiro atoms. The molecule has 0 saturated heterocycles. The molecule has 1 aromatic heterocycles. The molecule has 1 aromatic carbocycles. The summed E-state index contributed by atoms with van der Waals surface area (Å²) in [5.74, 6) is 1.18.